The lowest BCUT2D eigenvalue weighted by Crippen LogP contribution is -2.39. The molecule has 24 heavy (non-hydrogen) atoms. The van der Waals surface area contributed by atoms with Crippen molar-refractivity contribution in [3.63, 3.8) is 0 Å². The number of nitrogens with one attached hydrogen (secondary N) is 1. The van der Waals surface area contributed by atoms with Crippen LogP contribution in [0.3, 0.4) is 0 Å². The molecule has 1 unspecified atom stereocenters. The average molecular weight is 399 g/mol. The number of hydrogen-bond acceptors (Lipinski definition) is 5. The van der Waals surface area contributed by atoms with E-state index in [1.165, 1.54) is 0 Å². The largest absolute Gasteiger partial charge is 0.458 e. The SMILES string of the molecule is CC(C)(C)OC(=O)COC1(c2ccc(Br)cn2)CCCCNCC1. The van der Waals surface area contributed by atoms with Gasteiger partial charge in [0.05, 0.1) is 5.69 Å². The minimum Gasteiger partial charge on any atom is -0.458 e. The van der Waals surface area contributed by atoms with E-state index in [0.29, 0.717) is 0 Å². The third-order valence-corrected chi connectivity index (χ3v) is 4.44. The molecule has 1 aliphatic rings. The molecule has 1 atom stereocenters. The number of aromatic nitrogens is 1. The van der Waals surface area contributed by atoms with E-state index in [2.05, 4.69) is 26.2 Å². The molecule has 1 fully saturated rings. The summed E-state index contributed by atoms with van der Waals surface area (Å²) >= 11 is 3.42. The third-order valence-electron chi connectivity index (χ3n) is 3.97. The van der Waals surface area contributed by atoms with Crippen molar-refractivity contribution in [1.82, 2.24) is 10.3 Å². The fourth-order valence-corrected chi connectivity index (χ4v) is 3.12. The molecule has 0 saturated carbocycles. The van der Waals surface area contributed by atoms with Crippen LogP contribution in [0, 0.1) is 0 Å². The van der Waals surface area contributed by atoms with Gasteiger partial charge < -0.3 is 14.8 Å². The summed E-state index contributed by atoms with van der Waals surface area (Å²) in [7, 11) is 0. The van der Waals surface area contributed by atoms with Crippen molar-refractivity contribution >= 4 is 21.9 Å². The molecule has 2 rings (SSSR count). The molecule has 0 amide bonds. The number of rotatable bonds is 4. The van der Waals surface area contributed by atoms with Crippen LogP contribution in [0.4, 0.5) is 0 Å². The quantitative estimate of drug-likeness (QED) is 0.785. The first-order valence-corrected chi connectivity index (χ1v) is 9.29. The Labute approximate surface area is 152 Å². The van der Waals surface area contributed by atoms with Crippen LogP contribution in [-0.2, 0) is 19.9 Å². The predicted molar refractivity (Wildman–Crippen MR) is 96.7 cm³/mol. The monoisotopic (exact) mass is 398 g/mol. The maximum Gasteiger partial charge on any atom is 0.332 e. The van der Waals surface area contributed by atoms with Crippen molar-refractivity contribution in [2.24, 2.45) is 0 Å². The van der Waals surface area contributed by atoms with E-state index in [1.54, 1.807) is 6.20 Å². The Morgan fingerprint density at radius 1 is 1.29 bits per heavy atom. The maximum atomic E-state index is 12.1. The summed E-state index contributed by atoms with van der Waals surface area (Å²) in [6.07, 6.45) is 5.53. The highest BCUT2D eigenvalue weighted by Gasteiger charge is 2.36. The number of esters is 1. The molecular formula is C18H27BrN2O3. The van der Waals surface area contributed by atoms with E-state index in [9.17, 15) is 4.79 Å². The Balaban J connectivity index is 2.15. The van der Waals surface area contributed by atoms with Gasteiger partial charge in [-0.3, -0.25) is 4.98 Å². The van der Waals surface area contributed by atoms with Gasteiger partial charge in [0.25, 0.3) is 0 Å². The summed E-state index contributed by atoms with van der Waals surface area (Å²) in [6, 6.07) is 3.94. The van der Waals surface area contributed by atoms with Crippen molar-refractivity contribution < 1.29 is 14.3 Å². The van der Waals surface area contributed by atoms with Gasteiger partial charge in [-0.05, 0) is 87.6 Å². The van der Waals surface area contributed by atoms with E-state index < -0.39 is 11.2 Å². The Morgan fingerprint density at radius 3 is 2.75 bits per heavy atom. The molecule has 134 valence electrons. The first-order valence-electron chi connectivity index (χ1n) is 8.49. The summed E-state index contributed by atoms with van der Waals surface area (Å²) < 4.78 is 12.5. The minimum absolute atomic E-state index is 0.0605. The Morgan fingerprint density at radius 2 is 2.08 bits per heavy atom. The topological polar surface area (TPSA) is 60.5 Å². The second-order valence-corrected chi connectivity index (χ2v) is 8.10. The standard InChI is InChI=1S/C18H27BrN2O3/c1-17(2,3)24-16(22)13-23-18(8-4-5-10-20-11-9-18)15-7-6-14(19)12-21-15/h6-7,12,20H,4-5,8-11,13H2,1-3H3. The second-order valence-electron chi connectivity index (χ2n) is 7.19. The van der Waals surface area contributed by atoms with Crippen LogP contribution in [0.2, 0.25) is 0 Å². The normalized spacial score (nSPS) is 22.5. The van der Waals surface area contributed by atoms with E-state index >= 15 is 0 Å². The van der Waals surface area contributed by atoms with Gasteiger partial charge in [-0.1, -0.05) is 0 Å². The Kier molecular flexibility index (Phi) is 6.78. The highest BCUT2D eigenvalue weighted by molar-refractivity contribution is 9.10. The van der Waals surface area contributed by atoms with Crippen LogP contribution in [0.5, 0.6) is 0 Å². The van der Waals surface area contributed by atoms with Gasteiger partial charge in [0, 0.05) is 10.7 Å². The van der Waals surface area contributed by atoms with Crippen LogP contribution >= 0.6 is 15.9 Å². The van der Waals surface area contributed by atoms with Crippen LogP contribution in [0.25, 0.3) is 0 Å². The molecule has 1 aromatic rings. The molecule has 1 aliphatic heterocycles. The Bertz CT molecular complexity index is 532. The molecule has 0 bridgehead atoms. The van der Waals surface area contributed by atoms with E-state index in [-0.39, 0.29) is 12.6 Å². The number of pyridine rings is 1. The van der Waals surface area contributed by atoms with Crippen LogP contribution < -0.4 is 5.32 Å². The van der Waals surface area contributed by atoms with Gasteiger partial charge in [0.2, 0.25) is 0 Å². The third kappa shape index (κ3) is 5.83. The van der Waals surface area contributed by atoms with Gasteiger partial charge in [0.1, 0.15) is 17.8 Å². The Hall–Kier alpha value is -0.980. The van der Waals surface area contributed by atoms with Crippen LogP contribution in [-0.4, -0.2) is 36.3 Å². The van der Waals surface area contributed by atoms with Crippen molar-refractivity contribution in [3.8, 4) is 0 Å². The second kappa shape index (κ2) is 8.41. The first kappa shape index (κ1) is 19.3. The first-order chi connectivity index (χ1) is 11.3. The van der Waals surface area contributed by atoms with Crippen molar-refractivity contribution in [3.05, 3.63) is 28.5 Å². The van der Waals surface area contributed by atoms with E-state index in [0.717, 1.165) is 48.9 Å². The van der Waals surface area contributed by atoms with E-state index in [4.69, 9.17) is 9.47 Å². The molecule has 0 radical (unpaired) electrons. The fraction of sp³-hybridized carbons (Fsp3) is 0.667. The number of nitrogens with zero attached hydrogens (tertiary/aromatic N) is 1. The predicted octanol–water partition coefficient (Wildman–Crippen LogP) is 3.56. The highest BCUT2D eigenvalue weighted by atomic mass is 79.9. The van der Waals surface area contributed by atoms with Crippen molar-refractivity contribution in [2.75, 3.05) is 19.7 Å². The maximum absolute atomic E-state index is 12.1. The van der Waals surface area contributed by atoms with Crippen LogP contribution in [0.1, 0.15) is 52.1 Å². The summed E-state index contributed by atoms with van der Waals surface area (Å²) in [4.78, 5) is 16.6. The van der Waals surface area contributed by atoms with Crippen molar-refractivity contribution in [2.45, 2.75) is 57.7 Å². The number of ether oxygens (including phenoxy) is 2. The number of carbonyl (C=O) groups is 1. The zero-order valence-corrected chi connectivity index (χ0v) is 16.3. The summed E-state index contributed by atoms with van der Waals surface area (Å²) in [5.74, 6) is -0.339. The van der Waals surface area contributed by atoms with Gasteiger partial charge >= 0.3 is 5.97 Å². The van der Waals surface area contributed by atoms with Gasteiger partial charge in [0.15, 0.2) is 0 Å². The van der Waals surface area contributed by atoms with E-state index in [1.807, 2.05) is 32.9 Å². The lowest BCUT2D eigenvalue weighted by Gasteiger charge is -2.35. The lowest BCUT2D eigenvalue weighted by atomic mass is 9.87. The molecule has 1 aromatic heterocycles. The van der Waals surface area contributed by atoms with Gasteiger partial charge in [-0.25, -0.2) is 4.79 Å². The van der Waals surface area contributed by atoms with Crippen LogP contribution in [0.15, 0.2) is 22.8 Å². The summed E-state index contributed by atoms with van der Waals surface area (Å²) in [5, 5.41) is 3.42. The van der Waals surface area contributed by atoms with Gasteiger partial charge in [-0.2, -0.15) is 0 Å². The molecule has 1 saturated heterocycles. The smallest absolute Gasteiger partial charge is 0.332 e. The molecule has 1 N–H and O–H groups in total. The molecule has 2 heterocycles. The molecule has 5 nitrogen and oxygen atoms in total. The number of carbonyl (C=O) groups excluding carboxylic acids is 1. The lowest BCUT2D eigenvalue weighted by molar-refractivity contribution is -0.169. The zero-order valence-electron chi connectivity index (χ0n) is 14.7. The molecule has 0 aliphatic carbocycles. The molecular weight excluding hydrogens is 372 g/mol. The zero-order chi connectivity index (χ0) is 17.6. The number of hydrogen-bond donors (Lipinski definition) is 1. The van der Waals surface area contributed by atoms with Gasteiger partial charge in [-0.15, -0.1) is 0 Å². The fourth-order valence-electron chi connectivity index (χ4n) is 2.89. The number of halogens is 1. The summed E-state index contributed by atoms with van der Waals surface area (Å²) in [6.45, 7) is 7.38. The van der Waals surface area contributed by atoms with Crippen molar-refractivity contribution in [1.29, 1.82) is 0 Å². The minimum atomic E-state index is -0.551. The average Bonchev–Trinajstić information content (AvgIpc) is 2.46. The highest BCUT2D eigenvalue weighted by Crippen LogP contribution is 2.35. The molecule has 0 spiro atoms. The summed E-state index contributed by atoms with van der Waals surface area (Å²) in [5.41, 5.74) is -0.185. The molecule has 0 aromatic carbocycles. The molecule has 6 heteroatoms.